The lowest BCUT2D eigenvalue weighted by Gasteiger charge is -2.36. The van der Waals surface area contributed by atoms with Gasteiger partial charge in [-0.2, -0.15) is 0 Å². The first-order valence-electron chi connectivity index (χ1n) is 9.21. The molecular formula is C19H27N3O3S. The number of ether oxygens (including phenoxy) is 1. The maximum Gasteiger partial charge on any atom is 0.316 e. The molecule has 2 heterocycles. The van der Waals surface area contributed by atoms with Gasteiger partial charge in [-0.05, 0) is 42.7 Å². The summed E-state index contributed by atoms with van der Waals surface area (Å²) < 4.78 is 13.0. The lowest BCUT2D eigenvalue weighted by atomic mass is 9.75. The number of furan rings is 1. The Labute approximate surface area is 158 Å². The van der Waals surface area contributed by atoms with Crippen molar-refractivity contribution in [3.05, 3.63) is 18.4 Å². The third-order valence-corrected chi connectivity index (χ3v) is 6.13. The van der Waals surface area contributed by atoms with Gasteiger partial charge in [0.2, 0.25) is 0 Å². The Morgan fingerprint density at radius 3 is 2.92 bits per heavy atom. The van der Waals surface area contributed by atoms with E-state index in [1.807, 2.05) is 23.7 Å². The van der Waals surface area contributed by atoms with Gasteiger partial charge in [0.25, 0.3) is 0 Å². The minimum atomic E-state index is -0.178. The van der Waals surface area contributed by atoms with Crippen LogP contribution in [0.4, 0.5) is 0 Å². The van der Waals surface area contributed by atoms with Crippen molar-refractivity contribution < 1.29 is 13.9 Å². The maximum atomic E-state index is 12.4. The zero-order chi connectivity index (χ0) is 18.7. The Bertz CT molecular complexity index is 726. The lowest BCUT2D eigenvalue weighted by molar-refractivity contribution is -0.152. The number of rotatable bonds is 6. The van der Waals surface area contributed by atoms with Crippen molar-refractivity contribution in [2.75, 3.05) is 5.75 Å². The molecule has 1 aliphatic carbocycles. The summed E-state index contributed by atoms with van der Waals surface area (Å²) in [5.74, 6) is 2.97. The van der Waals surface area contributed by atoms with Gasteiger partial charge in [-0.25, -0.2) is 0 Å². The van der Waals surface area contributed by atoms with Crippen LogP contribution in [0.3, 0.4) is 0 Å². The van der Waals surface area contributed by atoms with E-state index in [9.17, 15) is 4.79 Å². The molecule has 0 bridgehead atoms. The average molecular weight is 378 g/mol. The first-order chi connectivity index (χ1) is 12.5. The van der Waals surface area contributed by atoms with Gasteiger partial charge < -0.3 is 13.7 Å². The zero-order valence-electron chi connectivity index (χ0n) is 15.8. The van der Waals surface area contributed by atoms with Crippen LogP contribution in [0, 0.1) is 17.8 Å². The smallest absolute Gasteiger partial charge is 0.316 e. The number of esters is 1. The molecule has 0 aromatic carbocycles. The Hall–Kier alpha value is -1.76. The number of thioether (sulfide) groups is 1. The molecule has 3 unspecified atom stereocenters. The normalized spacial score (nSPS) is 23.3. The molecule has 1 saturated carbocycles. The Morgan fingerprint density at radius 1 is 1.42 bits per heavy atom. The molecule has 3 rings (SSSR count). The van der Waals surface area contributed by atoms with Gasteiger partial charge in [-0.15, -0.1) is 10.2 Å². The predicted molar refractivity (Wildman–Crippen MR) is 101 cm³/mol. The van der Waals surface area contributed by atoms with Crippen LogP contribution in [0.1, 0.15) is 40.0 Å². The molecule has 0 saturated heterocycles. The van der Waals surface area contributed by atoms with Crippen molar-refractivity contribution in [2.24, 2.45) is 24.8 Å². The van der Waals surface area contributed by atoms with E-state index in [4.69, 9.17) is 9.15 Å². The highest BCUT2D eigenvalue weighted by Gasteiger charge is 2.33. The largest absolute Gasteiger partial charge is 0.461 e. The summed E-state index contributed by atoms with van der Waals surface area (Å²) in [5.41, 5.74) is 0. The number of hydrogen-bond donors (Lipinski definition) is 0. The van der Waals surface area contributed by atoms with Crippen molar-refractivity contribution >= 4 is 17.7 Å². The van der Waals surface area contributed by atoms with Crippen LogP contribution in [0.2, 0.25) is 0 Å². The van der Waals surface area contributed by atoms with Gasteiger partial charge in [0.1, 0.15) is 6.10 Å². The number of nitrogens with zero attached hydrogens (tertiary/aromatic N) is 3. The van der Waals surface area contributed by atoms with Crippen molar-refractivity contribution in [1.29, 1.82) is 0 Å². The maximum absolute atomic E-state index is 12.4. The first kappa shape index (κ1) is 19.0. The molecule has 1 fully saturated rings. The van der Waals surface area contributed by atoms with E-state index in [0.717, 1.165) is 12.8 Å². The van der Waals surface area contributed by atoms with Crippen LogP contribution in [0.15, 0.2) is 28.0 Å². The molecule has 0 spiro atoms. The number of hydrogen-bond acceptors (Lipinski definition) is 6. The van der Waals surface area contributed by atoms with E-state index in [2.05, 4.69) is 31.0 Å². The Balaban J connectivity index is 1.57. The highest BCUT2D eigenvalue weighted by Crippen LogP contribution is 2.35. The molecule has 26 heavy (non-hydrogen) atoms. The van der Waals surface area contributed by atoms with Gasteiger partial charge in [-0.3, -0.25) is 4.79 Å². The second kappa shape index (κ2) is 8.29. The second-order valence-corrected chi connectivity index (χ2v) is 8.43. The first-order valence-corrected chi connectivity index (χ1v) is 10.2. The van der Waals surface area contributed by atoms with E-state index in [1.165, 1.54) is 18.2 Å². The third-order valence-electron chi connectivity index (χ3n) is 5.14. The second-order valence-electron chi connectivity index (χ2n) is 7.49. The molecule has 0 radical (unpaired) electrons. The van der Waals surface area contributed by atoms with Gasteiger partial charge in [-0.1, -0.05) is 39.0 Å². The quantitative estimate of drug-likeness (QED) is 0.556. The van der Waals surface area contributed by atoms with Crippen LogP contribution < -0.4 is 0 Å². The number of aromatic nitrogens is 3. The average Bonchev–Trinajstić information content (AvgIpc) is 3.22. The monoisotopic (exact) mass is 377 g/mol. The van der Waals surface area contributed by atoms with E-state index < -0.39 is 0 Å². The van der Waals surface area contributed by atoms with Crippen LogP contribution in [0.5, 0.6) is 0 Å². The highest BCUT2D eigenvalue weighted by atomic mass is 32.2. The van der Waals surface area contributed by atoms with Crippen molar-refractivity contribution in [3.8, 4) is 11.6 Å². The highest BCUT2D eigenvalue weighted by molar-refractivity contribution is 7.99. The zero-order valence-corrected chi connectivity index (χ0v) is 16.7. The molecule has 0 amide bonds. The summed E-state index contributed by atoms with van der Waals surface area (Å²) >= 11 is 1.35. The molecule has 2 aromatic heterocycles. The summed E-state index contributed by atoms with van der Waals surface area (Å²) in [6, 6.07) is 3.65. The van der Waals surface area contributed by atoms with E-state index in [0.29, 0.717) is 34.5 Å². The SMILES string of the molecule is CC1CCC(C(C)C)C(OC(=O)CSc2nnc(-c3ccco3)n2C)C1. The summed E-state index contributed by atoms with van der Waals surface area (Å²) in [5, 5.41) is 8.97. The fraction of sp³-hybridized carbons (Fsp3) is 0.632. The summed E-state index contributed by atoms with van der Waals surface area (Å²) in [7, 11) is 1.86. The molecule has 0 aliphatic heterocycles. The van der Waals surface area contributed by atoms with Gasteiger partial charge in [0.15, 0.2) is 16.7 Å². The fourth-order valence-electron chi connectivity index (χ4n) is 3.64. The minimum absolute atomic E-state index is 0.0324. The van der Waals surface area contributed by atoms with Crippen molar-refractivity contribution in [3.63, 3.8) is 0 Å². The molecule has 0 N–H and O–H groups in total. The van der Waals surface area contributed by atoms with Crippen molar-refractivity contribution in [1.82, 2.24) is 14.8 Å². The standard InChI is InChI=1S/C19H27N3O3S/c1-12(2)14-8-7-13(3)10-16(14)25-17(23)11-26-19-21-20-18(22(19)4)15-6-5-9-24-15/h5-6,9,12-14,16H,7-8,10-11H2,1-4H3. The van der Waals surface area contributed by atoms with Gasteiger partial charge >= 0.3 is 5.97 Å². The van der Waals surface area contributed by atoms with E-state index >= 15 is 0 Å². The molecule has 1 aliphatic rings. The van der Waals surface area contributed by atoms with Crippen LogP contribution >= 0.6 is 11.8 Å². The Kier molecular flexibility index (Phi) is 6.06. The summed E-state index contributed by atoms with van der Waals surface area (Å²) in [6.45, 7) is 6.67. The summed E-state index contributed by atoms with van der Waals surface area (Å²) in [4.78, 5) is 12.4. The molecule has 2 aromatic rings. The van der Waals surface area contributed by atoms with E-state index in [-0.39, 0.29) is 17.8 Å². The molecule has 7 heteroatoms. The lowest BCUT2D eigenvalue weighted by Crippen LogP contribution is -2.36. The van der Waals surface area contributed by atoms with Gasteiger partial charge in [0.05, 0.1) is 12.0 Å². The molecular weight excluding hydrogens is 350 g/mol. The number of carbonyl (C=O) groups excluding carboxylic acids is 1. The van der Waals surface area contributed by atoms with Crippen molar-refractivity contribution in [2.45, 2.75) is 51.3 Å². The topological polar surface area (TPSA) is 70.2 Å². The molecule has 3 atom stereocenters. The molecule has 142 valence electrons. The minimum Gasteiger partial charge on any atom is -0.461 e. The summed E-state index contributed by atoms with van der Waals surface area (Å²) in [6.07, 6.45) is 4.96. The Morgan fingerprint density at radius 2 is 2.23 bits per heavy atom. The third kappa shape index (κ3) is 4.31. The fourth-order valence-corrected chi connectivity index (χ4v) is 4.33. The van der Waals surface area contributed by atoms with Crippen LogP contribution in [-0.2, 0) is 16.6 Å². The van der Waals surface area contributed by atoms with Crippen LogP contribution in [0.25, 0.3) is 11.6 Å². The molecule has 6 nitrogen and oxygen atoms in total. The van der Waals surface area contributed by atoms with E-state index in [1.54, 1.807) is 6.26 Å². The number of carbonyl (C=O) groups is 1. The van der Waals surface area contributed by atoms with Gasteiger partial charge in [0, 0.05) is 7.05 Å². The van der Waals surface area contributed by atoms with Crippen LogP contribution in [-0.4, -0.2) is 32.6 Å². The predicted octanol–water partition coefficient (Wildman–Crippen LogP) is 4.17.